The fourth-order valence-corrected chi connectivity index (χ4v) is 6.21. The Morgan fingerprint density at radius 3 is 2.36 bits per heavy atom. The molecule has 7 N–H and O–H groups in total. The average molecular weight is 696 g/mol. The van der Waals surface area contributed by atoms with E-state index in [4.69, 9.17) is 12.6 Å². The number of nitrogens with zero attached hydrogens (tertiary/aromatic N) is 7. The Morgan fingerprint density at radius 1 is 1.00 bits per heavy atom. The van der Waals surface area contributed by atoms with Crippen molar-refractivity contribution in [2.75, 3.05) is 36.0 Å². The van der Waals surface area contributed by atoms with E-state index >= 15 is 0 Å². The van der Waals surface area contributed by atoms with Gasteiger partial charge in [-0.05, 0) is 47.5 Å². The molecule has 232 valence electrons. The lowest BCUT2D eigenvalue weighted by Crippen LogP contribution is -2.62. The number of nitrogens with one attached hydrogen (secondary N) is 2. The third-order valence-corrected chi connectivity index (χ3v) is 8.44. The van der Waals surface area contributed by atoms with Crippen LogP contribution >= 0.6 is 23.9 Å². The van der Waals surface area contributed by atoms with Gasteiger partial charge in [0.2, 0.25) is 5.95 Å². The van der Waals surface area contributed by atoms with Gasteiger partial charge in [0.1, 0.15) is 11.6 Å². The summed E-state index contributed by atoms with van der Waals surface area (Å²) in [6.45, 7) is 4.25. The first-order chi connectivity index (χ1) is 21.2. The minimum Gasteiger partial charge on any atom is -0.494 e. The van der Waals surface area contributed by atoms with Crippen LogP contribution in [-0.4, -0.2) is 95.4 Å². The van der Waals surface area contributed by atoms with Crippen molar-refractivity contribution >= 4 is 76.9 Å². The van der Waals surface area contributed by atoms with Gasteiger partial charge >= 0.3 is 6.10 Å². The lowest BCUT2D eigenvalue weighted by atomic mass is 9.98. The molecule has 45 heavy (non-hydrogen) atoms. The molecule has 0 saturated heterocycles. The average Bonchev–Trinajstić information content (AvgIpc) is 3.39. The molecule has 3 heterocycles. The largest absolute Gasteiger partial charge is 0.494 e. The Morgan fingerprint density at radius 2 is 1.73 bits per heavy atom. The lowest BCUT2D eigenvalue weighted by molar-refractivity contribution is -0.335. The van der Waals surface area contributed by atoms with Crippen LogP contribution in [0.4, 0.5) is 28.8 Å². The Balaban J connectivity index is 1.59. The summed E-state index contributed by atoms with van der Waals surface area (Å²) >= 11 is 3.51. The number of hydrogen-bond acceptors (Lipinski definition) is 14. The van der Waals surface area contributed by atoms with Crippen LogP contribution in [0.25, 0.3) is 22.2 Å². The smallest absolute Gasteiger partial charge is 0.373 e. The molecule has 0 aliphatic rings. The number of anilines is 5. The Kier molecular flexibility index (Phi) is 8.97. The monoisotopic (exact) mass is 695 g/mol. The van der Waals surface area contributed by atoms with Gasteiger partial charge in [0.05, 0.1) is 40.2 Å². The maximum Gasteiger partial charge on any atom is 0.373 e. The molecule has 18 heteroatoms. The van der Waals surface area contributed by atoms with E-state index in [1.807, 2.05) is 12.1 Å². The highest BCUT2D eigenvalue weighted by molar-refractivity contribution is 9.10. The lowest BCUT2D eigenvalue weighted by Gasteiger charge is -2.41. The molecule has 5 aromatic rings. The van der Waals surface area contributed by atoms with Crippen LogP contribution in [0.2, 0.25) is 0 Å². The van der Waals surface area contributed by atoms with Crippen molar-refractivity contribution in [1.29, 1.82) is 0 Å². The molecule has 0 aliphatic carbocycles. The predicted molar refractivity (Wildman–Crippen MR) is 174 cm³/mol. The van der Waals surface area contributed by atoms with Crippen LogP contribution in [0.15, 0.2) is 59.7 Å². The molecule has 0 bridgehead atoms. The minimum absolute atomic E-state index is 0.0193. The Bertz CT molecular complexity index is 1850. The molecule has 15 nitrogen and oxygen atoms in total. The van der Waals surface area contributed by atoms with Crippen molar-refractivity contribution in [3.05, 3.63) is 59.7 Å². The van der Waals surface area contributed by atoms with Crippen molar-refractivity contribution in [2.45, 2.75) is 11.9 Å². The first-order valence-corrected chi connectivity index (χ1v) is 16.1. The topological polar surface area (TPSA) is 207 Å². The van der Waals surface area contributed by atoms with Gasteiger partial charge in [-0.1, -0.05) is 7.92 Å². The van der Waals surface area contributed by atoms with E-state index in [1.54, 1.807) is 31.8 Å². The summed E-state index contributed by atoms with van der Waals surface area (Å²) in [6.07, 6.45) is 4.08. The number of aromatic nitrogens is 6. The van der Waals surface area contributed by atoms with Gasteiger partial charge < -0.3 is 40.9 Å². The Hall–Kier alpha value is -3.96. The number of aliphatic hydroxyl groups is 5. The first-order valence-electron chi connectivity index (χ1n) is 13.1. The molecular formula is C27H28BBrN9O6P. The molecule has 0 atom stereocenters. The van der Waals surface area contributed by atoms with Crippen molar-refractivity contribution in [3.63, 3.8) is 0 Å². The summed E-state index contributed by atoms with van der Waals surface area (Å²) in [4.78, 5) is 18.0. The second-order valence-electron chi connectivity index (χ2n) is 10.0. The minimum atomic E-state index is -3.80. The molecule has 0 amide bonds. The summed E-state index contributed by atoms with van der Waals surface area (Å²) in [5, 5.41) is 62.0. The number of fused-ring (bicyclic) bond motifs is 1. The van der Waals surface area contributed by atoms with E-state index in [0.29, 0.717) is 21.5 Å². The SMILES string of the molecule is [B]C(O)(O)N(c1cc(OC)c(Nc2ncc(Br)c(Nc3ccc4nccnc4c3P(C)C)n2)cc1-c1cnn(C)c1)C(O)(O)O. The van der Waals surface area contributed by atoms with Crippen LogP contribution in [0.3, 0.4) is 0 Å². The van der Waals surface area contributed by atoms with E-state index in [2.05, 4.69) is 64.9 Å². The molecule has 2 aromatic carbocycles. The van der Waals surface area contributed by atoms with Gasteiger partial charge in [-0.2, -0.15) is 10.1 Å². The number of halogens is 1. The summed E-state index contributed by atoms with van der Waals surface area (Å²) in [6, 6.07) is 6.50. The standard InChI is InChI=1S/C27H28BBrN9O6P/c1-37-13-14(11-33-37)15-9-19(21(44-2)10-20(15)38(26(28,39)40)27(41,42)43)35-25-32-12-16(29)24(36-25)34-18-6-5-17-22(23(18)45(3)4)31-8-7-30-17/h5-13,39-43H,1-4H3,(H2,32,34,35,36). The van der Waals surface area contributed by atoms with Crippen molar-refractivity contribution < 1.29 is 30.3 Å². The van der Waals surface area contributed by atoms with E-state index < -0.39 is 19.8 Å². The highest BCUT2D eigenvalue weighted by atomic mass is 79.9. The number of ether oxygens (including phenoxy) is 1. The molecule has 0 spiro atoms. The second-order valence-corrected chi connectivity index (χ2v) is 13.1. The van der Waals surface area contributed by atoms with Crippen molar-refractivity contribution in [2.24, 2.45) is 7.05 Å². The maximum atomic E-state index is 10.2. The van der Waals surface area contributed by atoms with E-state index in [1.165, 1.54) is 30.1 Å². The molecule has 0 unspecified atom stereocenters. The molecule has 0 fully saturated rings. The van der Waals surface area contributed by atoms with Crippen LogP contribution in [-0.2, 0) is 7.05 Å². The fourth-order valence-electron chi connectivity index (χ4n) is 4.71. The molecule has 0 aliphatic heterocycles. The van der Waals surface area contributed by atoms with Crippen molar-refractivity contribution in [3.8, 4) is 16.9 Å². The van der Waals surface area contributed by atoms with Crippen molar-refractivity contribution in [1.82, 2.24) is 29.7 Å². The number of methoxy groups -OCH3 is 1. The van der Waals surface area contributed by atoms with Gasteiger partial charge in [-0.25, -0.2) is 4.98 Å². The first kappa shape index (κ1) is 32.4. The van der Waals surface area contributed by atoms with Gasteiger partial charge in [0.25, 0.3) is 0 Å². The van der Waals surface area contributed by atoms with Crippen LogP contribution in [0.1, 0.15) is 0 Å². The zero-order valence-electron chi connectivity index (χ0n) is 24.4. The number of hydrogen-bond donors (Lipinski definition) is 7. The normalized spacial score (nSPS) is 12.1. The number of benzene rings is 2. The molecule has 3 aromatic heterocycles. The predicted octanol–water partition coefficient (Wildman–Crippen LogP) is 1.60. The van der Waals surface area contributed by atoms with Gasteiger partial charge in [0, 0.05) is 60.0 Å². The quantitative estimate of drug-likeness (QED) is 0.0630. The summed E-state index contributed by atoms with van der Waals surface area (Å²) in [5.74, 6) is -2.76. The summed E-state index contributed by atoms with van der Waals surface area (Å²) in [5.41, 5.74) is 2.89. The molecule has 0 saturated carbocycles. The third-order valence-electron chi connectivity index (χ3n) is 6.51. The van der Waals surface area contributed by atoms with Crippen LogP contribution < -0.4 is 25.6 Å². The second kappa shape index (κ2) is 12.4. The summed E-state index contributed by atoms with van der Waals surface area (Å²) in [7, 11) is 7.80. The number of aryl methyl sites for hydroxylation is 1. The third kappa shape index (κ3) is 6.84. The number of rotatable bonds is 10. The van der Waals surface area contributed by atoms with Gasteiger partial charge in [-0.3, -0.25) is 19.5 Å². The van der Waals surface area contributed by atoms with Gasteiger partial charge in [-0.15, -0.1) is 0 Å². The highest BCUT2D eigenvalue weighted by Gasteiger charge is 2.43. The fraction of sp³-hybridized carbons (Fsp3) is 0.222. The maximum absolute atomic E-state index is 10.2. The van der Waals surface area contributed by atoms with Gasteiger partial charge in [0.15, 0.2) is 13.7 Å². The zero-order chi connectivity index (χ0) is 32.7. The van der Waals surface area contributed by atoms with E-state index in [-0.39, 0.29) is 27.8 Å². The van der Waals surface area contributed by atoms with E-state index in [0.717, 1.165) is 22.0 Å². The molecule has 5 rings (SSSR count). The van der Waals surface area contributed by atoms with Crippen LogP contribution in [0.5, 0.6) is 5.75 Å². The molecule has 2 radical (unpaired) electrons. The Labute approximate surface area is 267 Å². The van der Waals surface area contributed by atoms with E-state index in [9.17, 15) is 25.5 Å². The summed E-state index contributed by atoms with van der Waals surface area (Å²) < 4.78 is 7.57. The molecular weight excluding hydrogens is 668 g/mol. The zero-order valence-corrected chi connectivity index (χ0v) is 26.9. The van der Waals surface area contributed by atoms with Crippen LogP contribution in [0, 0.1) is 0 Å². The highest BCUT2D eigenvalue weighted by Crippen LogP contribution is 2.43.